The Balaban J connectivity index is 1.83. The molecule has 0 saturated carbocycles. The van der Waals surface area contributed by atoms with Gasteiger partial charge in [-0.3, -0.25) is 0 Å². The summed E-state index contributed by atoms with van der Waals surface area (Å²) in [6, 6.07) is 13.2. The van der Waals surface area contributed by atoms with E-state index in [-0.39, 0.29) is 47.7 Å². The fraction of sp³-hybridized carbons (Fsp3) is 0.280. The molecule has 0 aliphatic carbocycles. The molecule has 0 spiro atoms. The number of halogens is 4. The highest BCUT2D eigenvalue weighted by Gasteiger charge is 2.32. The number of carbonyl (C=O) groups is 1. The largest absolute Gasteiger partial charge is 0.492 e. The standard InChI is InChI=1S/C25H25ClF3N3O8S/c1-37-11-12-39-20-8-7-17(22(14-20)40-23-21(26)13-18(15-30-23)25(27,28)29)16-32(24(33)34)41(35,36)31-9-10-38-19-5-3-2-4-6-19/h2-8,13-15,31H,9-12,16H2,1H3,(H,33,34). The van der Waals surface area contributed by atoms with E-state index < -0.39 is 45.5 Å². The van der Waals surface area contributed by atoms with Crippen LogP contribution in [0.1, 0.15) is 11.1 Å². The molecule has 0 atom stereocenters. The van der Waals surface area contributed by atoms with Gasteiger partial charge in [-0.15, -0.1) is 0 Å². The van der Waals surface area contributed by atoms with Crippen molar-refractivity contribution >= 4 is 27.9 Å². The Morgan fingerprint density at radius 3 is 2.39 bits per heavy atom. The van der Waals surface area contributed by atoms with Crippen LogP contribution in [0.2, 0.25) is 5.02 Å². The number of hydrogen-bond acceptors (Lipinski definition) is 8. The van der Waals surface area contributed by atoms with Crippen molar-refractivity contribution in [2.45, 2.75) is 12.7 Å². The number of nitrogens with one attached hydrogen (secondary N) is 1. The molecule has 2 aromatic carbocycles. The summed E-state index contributed by atoms with van der Waals surface area (Å²) in [5.74, 6) is 0.107. The van der Waals surface area contributed by atoms with Gasteiger partial charge in [0, 0.05) is 31.5 Å². The number of ether oxygens (including phenoxy) is 4. The third-order valence-electron chi connectivity index (χ3n) is 5.15. The van der Waals surface area contributed by atoms with Gasteiger partial charge >= 0.3 is 22.5 Å². The van der Waals surface area contributed by atoms with Gasteiger partial charge in [-0.25, -0.2) is 9.78 Å². The number of rotatable bonds is 14. The van der Waals surface area contributed by atoms with E-state index in [2.05, 4.69) is 9.71 Å². The monoisotopic (exact) mass is 619 g/mol. The van der Waals surface area contributed by atoms with Crippen LogP contribution in [-0.2, 0) is 27.7 Å². The fourth-order valence-electron chi connectivity index (χ4n) is 3.20. The Bertz CT molecular complexity index is 1430. The first-order chi connectivity index (χ1) is 19.4. The summed E-state index contributed by atoms with van der Waals surface area (Å²) in [4.78, 5) is 15.6. The maximum Gasteiger partial charge on any atom is 0.422 e. The van der Waals surface area contributed by atoms with Crippen molar-refractivity contribution in [3.63, 3.8) is 0 Å². The molecule has 16 heteroatoms. The third-order valence-corrected chi connectivity index (χ3v) is 6.86. The zero-order valence-corrected chi connectivity index (χ0v) is 23.0. The van der Waals surface area contributed by atoms with Gasteiger partial charge in [0.25, 0.3) is 0 Å². The number of pyridine rings is 1. The van der Waals surface area contributed by atoms with Crippen molar-refractivity contribution < 1.29 is 50.4 Å². The molecule has 41 heavy (non-hydrogen) atoms. The molecule has 3 rings (SSSR count). The minimum absolute atomic E-state index is 0.00941. The molecule has 3 aromatic rings. The molecule has 1 heterocycles. The van der Waals surface area contributed by atoms with E-state index in [9.17, 15) is 31.5 Å². The van der Waals surface area contributed by atoms with Crippen LogP contribution < -0.4 is 18.9 Å². The Morgan fingerprint density at radius 2 is 1.76 bits per heavy atom. The third kappa shape index (κ3) is 9.38. The van der Waals surface area contributed by atoms with Crippen molar-refractivity contribution in [1.82, 2.24) is 14.0 Å². The van der Waals surface area contributed by atoms with Gasteiger partial charge in [0.15, 0.2) is 0 Å². The van der Waals surface area contributed by atoms with Gasteiger partial charge in [-0.05, 0) is 30.3 Å². The van der Waals surface area contributed by atoms with E-state index in [1.807, 2.05) is 0 Å². The fourth-order valence-corrected chi connectivity index (χ4v) is 4.41. The molecule has 0 saturated heterocycles. The van der Waals surface area contributed by atoms with E-state index in [4.69, 9.17) is 30.5 Å². The predicted molar refractivity (Wildman–Crippen MR) is 141 cm³/mol. The number of hydrogen-bond donors (Lipinski definition) is 2. The van der Waals surface area contributed by atoms with Crippen LogP contribution in [0.15, 0.2) is 60.8 Å². The number of carboxylic acid groups (broad SMARTS) is 1. The highest BCUT2D eigenvalue weighted by Crippen LogP contribution is 2.36. The van der Waals surface area contributed by atoms with E-state index in [1.54, 1.807) is 30.3 Å². The summed E-state index contributed by atoms with van der Waals surface area (Å²) in [7, 11) is -3.13. The molecule has 222 valence electrons. The molecule has 0 aliphatic heterocycles. The van der Waals surface area contributed by atoms with E-state index in [0.29, 0.717) is 18.0 Å². The molecule has 0 unspecified atom stereocenters. The van der Waals surface area contributed by atoms with Crippen LogP contribution >= 0.6 is 11.6 Å². The highest BCUT2D eigenvalue weighted by molar-refractivity contribution is 7.87. The van der Waals surface area contributed by atoms with Crippen LogP contribution in [0.25, 0.3) is 0 Å². The number of para-hydroxylation sites is 1. The lowest BCUT2D eigenvalue weighted by Crippen LogP contribution is -2.44. The SMILES string of the molecule is COCCOc1ccc(CN(C(=O)O)S(=O)(=O)NCCOc2ccccc2)c(Oc2ncc(C(F)(F)F)cc2Cl)c1. The van der Waals surface area contributed by atoms with Crippen LogP contribution in [0.5, 0.6) is 23.1 Å². The van der Waals surface area contributed by atoms with Gasteiger partial charge in [0.1, 0.15) is 35.5 Å². The van der Waals surface area contributed by atoms with Crippen LogP contribution in [-0.4, -0.2) is 62.4 Å². The van der Waals surface area contributed by atoms with Gasteiger partial charge in [0.2, 0.25) is 5.88 Å². The van der Waals surface area contributed by atoms with Crippen LogP contribution in [0.4, 0.5) is 18.0 Å². The van der Waals surface area contributed by atoms with E-state index in [1.165, 1.54) is 25.3 Å². The second-order valence-electron chi connectivity index (χ2n) is 8.07. The number of methoxy groups -OCH3 is 1. The second kappa shape index (κ2) is 14.2. The van der Waals surface area contributed by atoms with E-state index in [0.717, 1.165) is 0 Å². The smallest absolute Gasteiger partial charge is 0.422 e. The Labute approximate surface area is 238 Å². The molecular formula is C25H25ClF3N3O8S. The maximum absolute atomic E-state index is 13.0. The molecule has 1 aromatic heterocycles. The van der Waals surface area contributed by atoms with Gasteiger partial charge < -0.3 is 24.1 Å². The minimum Gasteiger partial charge on any atom is -0.492 e. The first-order valence-corrected chi connectivity index (χ1v) is 13.6. The summed E-state index contributed by atoms with van der Waals surface area (Å²) in [5, 5.41) is 9.20. The molecule has 0 aliphatic rings. The molecular weight excluding hydrogens is 595 g/mol. The lowest BCUT2D eigenvalue weighted by Gasteiger charge is -2.21. The first kappa shape index (κ1) is 31.7. The number of nitrogens with zero attached hydrogens (tertiary/aromatic N) is 2. The average molecular weight is 620 g/mol. The van der Waals surface area contributed by atoms with Crippen molar-refractivity contribution in [3.05, 3.63) is 76.9 Å². The molecule has 2 N–H and O–H groups in total. The van der Waals surface area contributed by atoms with Crippen molar-refractivity contribution in [2.24, 2.45) is 0 Å². The normalized spacial score (nSPS) is 11.6. The highest BCUT2D eigenvalue weighted by atomic mass is 35.5. The van der Waals surface area contributed by atoms with Gasteiger partial charge in [-0.1, -0.05) is 29.8 Å². The predicted octanol–water partition coefficient (Wildman–Crippen LogP) is 4.96. The summed E-state index contributed by atoms with van der Waals surface area (Å²) >= 11 is 5.97. The molecule has 1 amide bonds. The molecule has 0 radical (unpaired) electrons. The number of amides is 1. The van der Waals surface area contributed by atoms with Crippen molar-refractivity contribution in [2.75, 3.05) is 33.5 Å². The average Bonchev–Trinajstić information content (AvgIpc) is 2.91. The zero-order chi connectivity index (χ0) is 30.0. The summed E-state index contributed by atoms with van der Waals surface area (Å²) in [6.07, 6.45) is -6.00. The van der Waals surface area contributed by atoms with Crippen molar-refractivity contribution in [1.29, 1.82) is 0 Å². The minimum atomic E-state index is -4.70. The van der Waals surface area contributed by atoms with Crippen LogP contribution in [0, 0.1) is 0 Å². The van der Waals surface area contributed by atoms with Gasteiger partial charge in [0.05, 0.1) is 18.7 Å². The van der Waals surface area contributed by atoms with Crippen LogP contribution in [0.3, 0.4) is 0 Å². The molecule has 0 fully saturated rings. The number of alkyl halides is 3. The number of benzene rings is 2. The maximum atomic E-state index is 13.0. The number of aromatic nitrogens is 1. The summed E-state index contributed by atoms with van der Waals surface area (Å²) in [5.41, 5.74) is -1.10. The quantitative estimate of drug-likeness (QED) is 0.240. The Morgan fingerprint density at radius 1 is 1.05 bits per heavy atom. The van der Waals surface area contributed by atoms with Gasteiger partial charge in [-0.2, -0.15) is 30.6 Å². The van der Waals surface area contributed by atoms with Crippen molar-refractivity contribution in [3.8, 4) is 23.1 Å². The molecule has 11 nitrogen and oxygen atoms in total. The summed E-state index contributed by atoms with van der Waals surface area (Å²) < 4.78 is 88.5. The Kier molecular flexibility index (Phi) is 11.0. The lowest BCUT2D eigenvalue weighted by atomic mass is 10.2. The van der Waals surface area contributed by atoms with E-state index >= 15 is 0 Å². The molecule has 0 bridgehead atoms. The second-order valence-corrected chi connectivity index (χ2v) is 10.2. The first-order valence-electron chi connectivity index (χ1n) is 11.7. The topological polar surface area (TPSA) is 137 Å². The zero-order valence-electron chi connectivity index (χ0n) is 21.4. The Hall–Kier alpha value is -3.79. The summed E-state index contributed by atoms with van der Waals surface area (Å²) in [6.45, 7) is -0.720. The lowest BCUT2D eigenvalue weighted by molar-refractivity contribution is -0.137.